The zero-order valence-electron chi connectivity index (χ0n) is 7.77. The van der Waals surface area contributed by atoms with Crippen LogP contribution < -0.4 is 0 Å². The number of aliphatic carboxylic acids is 1. The van der Waals surface area contributed by atoms with Crippen molar-refractivity contribution >= 4 is 32.8 Å². The zero-order chi connectivity index (χ0) is 10.8. The van der Waals surface area contributed by atoms with Crippen LogP contribution in [0.3, 0.4) is 0 Å². The van der Waals surface area contributed by atoms with Crippen LogP contribution >= 0.6 is 15.9 Å². The van der Waals surface area contributed by atoms with E-state index in [1.165, 1.54) is 0 Å². The van der Waals surface area contributed by atoms with E-state index in [0.29, 0.717) is 5.69 Å². The molecule has 1 N–H and O–H groups in total. The van der Waals surface area contributed by atoms with E-state index >= 15 is 0 Å². The summed E-state index contributed by atoms with van der Waals surface area (Å²) in [4.78, 5) is 14.8. The molecule has 0 radical (unpaired) electrons. The van der Waals surface area contributed by atoms with Gasteiger partial charge in [-0.25, -0.2) is 0 Å². The average molecular weight is 266 g/mol. The highest BCUT2D eigenvalue weighted by atomic mass is 79.9. The van der Waals surface area contributed by atoms with Gasteiger partial charge in [0.2, 0.25) is 0 Å². The highest BCUT2D eigenvalue weighted by Gasteiger charge is 2.03. The van der Waals surface area contributed by atoms with Gasteiger partial charge in [0.25, 0.3) is 0 Å². The fourth-order valence-corrected chi connectivity index (χ4v) is 1.77. The number of fused-ring (bicyclic) bond motifs is 1. The van der Waals surface area contributed by atoms with Crippen LogP contribution in [0, 0.1) is 0 Å². The van der Waals surface area contributed by atoms with E-state index in [2.05, 4.69) is 20.9 Å². The first-order chi connectivity index (χ1) is 7.15. The second-order valence-electron chi connectivity index (χ2n) is 3.21. The largest absolute Gasteiger partial charge is 0.481 e. The van der Waals surface area contributed by atoms with Gasteiger partial charge in [-0.1, -0.05) is 22.0 Å². The molecule has 0 saturated carbocycles. The van der Waals surface area contributed by atoms with Gasteiger partial charge in [-0.3, -0.25) is 9.78 Å². The number of pyridine rings is 1. The average Bonchev–Trinajstić information content (AvgIpc) is 2.17. The molecule has 1 aromatic heterocycles. The normalized spacial score (nSPS) is 10.5. The molecule has 0 bridgehead atoms. The molecule has 0 unspecified atom stereocenters. The first-order valence-electron chi connectivity index (χ1n) is 4.42. The summed E-state index contributed by atoms with van der Waals surface area (Å²) >= 11 is 3.37. The van der Waals surface area contributed by atoms with E-state index in [9.17, 15) is 4.79 Å². The summed E-state index contributed by atoms with van der Waals surface area (Å²) in [6.07, 6.45) is -0.0357. The molecule has 0 spiro atoms. The first-order valence-corrected chi connectivity index (χ1v) is 5.21. The van der Waals surface area contributed by atoms with E-state index in [1.54, 1.807) is 6.07 Å². The molecule has 76 valence electrons. The smallest absolute Gasteiger partial charge is 0.309 e. The standard InChI is InChI=1S/C11H8BrNO2/c12-8-2-4-10-7(5-8)1-3-9(13-10)6-11(14)15/h1-5H,6H2,(H,14,15). The van der Waals surface area contributed by atoms with Crippen LogP contribution in [-0.4, -0.2) is 16.1 Å². The Morgan fingerprint density at radius 1 is 1.33 bits per heavy atom. The SMILES string of the molecule is O=C(O)Cc1ccc2cc(Br)ccc2n1. The number of rotatable bonds is 2. The summed E-state index contributed by atoms with van der Waals surface area (Å²) in [5.41, 5.74) is 1.40. The summed E-state index contributed by atoms with van der Waals surface area (Å²) < 4.78 is 0.989. The molecule has 0 fully saturated rings. The number of carboxylic acid groups (broad SMARTS) is 1. The molecule has 0 atom stereocenters. The molecule has 2 aromatic rings. The number of carbonyl (C=O) groups is 1. The van der Waals surface area contributed by atoms with Gasteiger partial charge >= 0.3 is 5.97 Å². The van der Waals surface area contributed by atoms with Crippen LogP contribution in [0.4, 0.5) is 0 Å². The van der Waals surface area contributed by atoms with Crippen molar-refractivity contribution in [2.75, 3.05) is 0 Å². The molecule has 1 heterocycles. The maximum absolute atomic E-state index is 10.5. The molecule has 1 aromatic carbocycles. The van der Waals surface area contributed by atoms with E-state index in [1.807, 2.05) is 24.3 Å². The van der Waals surface area contributed by atoms with Gasteiger partial charge < -0.3 is 5.11 Å². The third-order valence-corrected chi connectivity index (χ3v) is 2.53. The zero-order valence-corrected chi connectivity index (χ0v) is 9.36. The predicted octanol–water partition coefficient (Wildman–Crippen LogP) is 2.62. The summed E-state index contributed by atoms with van der Waals surface area (Å²) in [5, 5.41) is 9.63. The molecule has 0 amide bonds. The molecule has 0 aliphatic carbocycles. The van der Waals surface area contributed by atoms with Crippen LogP contribution in [0.15, 0.2) is 34.8 Å². The van der Waals surface area contributed by atoms with Gasteiger partial charge in [-0.15, -0.1) is 0 Å². The van der Waals surface area contributed by atoms with Gasteiger partial charge in [0.15, 0.2) is 0 Å². The highest BCUT2D eigenvalue weighted by molar-refractivity contribution is 9.10. The Bertz CT molecular complexity index is 525. The van der Waals surface area contributed by atoms with Crippen molar-refractivity contribution in [3.63, 3.8) is 0 Å². The number of aromatic nitrogens is 1. The van der Waals surface area contributed by atoms with Crippen molar-refractivity contribution in [1.82, 2.24) is 4.98 Å². The van der Waals surface area contributed by atoms with E-state index < -0.39 is 5.97 Å². The number of hydrogen-bond acceptors (Lipinski definition) is 2. The van der Waals surface area contributed by atoms with Crippen LogP contribution in [0.5, 0.6) is 0 Å². The lowest BCUT2D eigenvalue weighted by atomic mass is 10.2. The molecule has 0 aliphatic heterocycles. The van der Waals surface area contributed by atoms with E-state index in [0.717, 1.165) is 15.4 Å². The number of benzene rings is 1. The molecule has 15 heavy (non-hydrogen) atoms. The Morgan fingerprint density at radius 2 is 2.13 bits per heavy atom. The highest BCUT2D eigenvalue weighted by Crippen LogP contribution is 2.18. The molecular weight excluding hydrogens is 258 g/mol. The van der Waals surface area contributed by atoms with Gasteiger partial charge in [0, 0.05) is 9.86 Å². The summed E-state index contributed by atoms with van der Waals surface area (Å²) in [5.74, 6) is -0.862. The molecule has 2 rings (SSSR count). The second-order valence-corrected chi connectivity index (χ2v) is 4.13. The maximum Gasteiger partial charge on any atom is 0.309 e. The Kier molecular flexibility index (Phi) is 2.68. The van der Waals surface area contributed by atoms with Crippen LogP contribution in [0.2, 0.25) is 0 Å². The topological polar surface area (TPSA) is 50.2 Å². The summed E-state index contributed by atoms with van der Waals surface area (Å²) in [7, 11) is 0. The van der Waals surface area contributed by atoms with E-state index in [4.69, 9.17) is 5.11 Å². The minimum absolute atomic E-state index is 0.0357. The predicted molar refractivity (Wildman–Crippen MR) is 60.8 cm³/mol. The first kappa shape index (κ1) is 10.1. The van der Waals surface area contributed by atoms with Crippen LogP contribution in [0.25, 0.3) is 10.9 Å². The number of carboxylic acids is 1. The minimum Gasteiger partial charge on any atom is -0.481 e. The maximum atomic E-state index is 10.5. The fourth-order valence-electron chi connectivity index (χ4n) is 1.39. The number of nitrogens with zero attached hydrogens (tertiary/aromatic N) is 1. The van der Waals surface area contributed by atoms with Crippen molar-refractivity contribution in [3.8, 4) is 0 Å². The second kappa shape index (κ2) is 3.98. The number of halogens is 1. The van der Waals surface area contributed by atoms with Gasteiger partial charge in [-0.2, -0.15) is 0 Å². The number of hydrogen-bond donors (Lipinski definition) is 1. The van der Waals surface area contributed by atoms with Crippen molar-refractivity contribution in [1.29, 1.82) is 0 Å². The van der Waals surface area contributed by atoms with E-state index in [-0.39, 0.29) is 6.42 Å². The third kappa shape index (κ3) is 2.33. The fraction of sp³-hybridized carbons (Fsp3) is 0.0909. The monoisotopic (exact) mass is 265 g/mol. The Labute approximate surface area is 94.9 Å². The Morgan fingerprint density at radius 3 is 2.87 bits per heavy atom. The lowest BCUT2D eigenvalue weighted by Crippen LogP contribution is -2.01. The van der Waals surface area contributed by atoms with Gasteiger partial charge in [-0.05, 0) is 24.3 Å². The molecular formula is C11H8BrNO2. The minimum atomic E-state index is -0.862. The lowest BCUT2D eigenvalue weighted by molar-refractivity contribution is -0.136. The molecule has 0 aliphatic rings. The van der Waals surface area contributed by atoms with Crippen LogP contribution in [0.1, 0.15) is 5.69 Å². The summed E-state index contributed by atoms with van der Waals surface area (Å²) in [6.45, 7) is 0. The lowest BCUT2D eigenvalue weighted by Gasteiger charge is -2.00. The van der Waals surface area contributed by atoms with Crippen LogP contribution in [-0.2, 0) is 11.2 Å². The third-order valence-electron chi connectivity index (χ3n) is 2.04. The van der Waals surface area contributed by atoms with Crippen molar-refractivity contribution < 1.29 is 9.90 Å². The Hall–Kier alpha value is -1.42. The van der Waals surface area contributed by atoms with Crippen molar-refractivity contribution in [2.24, 2.45) is 0 Å². The van der Waals surface area contributed by atoms with Gasteiger partial charge in [0.05, 0.1) is 17.6 Å². The Balaban J connectivity index is 2.47. The van der Waals surface area contributed by atoms with Gasteiger partial charge in [0.1, 0.15) is 0 Å². The molecule has 0 saturated heterocycles. The summed E-state index contributed by atoms with van der Waals surface area (Å²) in [6, 6.07) is 9.33. The molecule has 3 nitrogen and oxygen atoms in total. The quantitative estimate of drug-likeness (QED) is 0.908. The molecule has 4 heteroatoms. The van der Waals surface area contributed by atoms with Crippen molar-refractivity contribution in [2.45, 2.75) is 6.42 Å². The van der Waals surface area contributed by atoms with Crippen molar-refractivity contribution in [3.05, 3.63) is 40.5 Å².